The summed E-state index contributed by atoms with van der Waals surface area (Å²) in [5.74, 6) is 0. The van der Waals surface area contributed by atoms with E-state index in [9.17, 15) is 13.2 Å². The molecule has 4 heteroatoms. The minimum atomic E-state index is -4.14. The molecule has 0 aromatic heterocycles. The summed E-state index contributed by atoms with van der Waals surface area (Å²) in [5, 5.41) is 2.42. The molecule has 0 atom stereocenters. The van der Waals surface area contributed by atoms with Crippen molar-refractivity contribution in [1.29, 1.82) is 0 Å². The molecule has 0 aliphatic rings. The topological polar surface area (TPSA) is 12.0 Å². The van der Waals surface area contributed by atoms with Crippen LogP contribution in [0.25, 0.3) is 0 Å². The minimum absolute atomic E-state index is 0.592. The Balaban J connectivity index is 3.96. The Morgan fingerprint density at radius 3 is 2.15 bits per heavy atom. The van der Waals surface area contributed by atoms with E-state index in [2.05, 4.69) is 5.32 Å². The van der Waals surface area contributed by atoms with E-state index in [1.165, 1.54) is 0 Å². The monoisotopic (exact) mass is 195 g/mol. The molecule has 0 aliphatic heterocycles. The first-order chi connectivity index (χ1) is 5.77. The van der Waals surface area contributed by atoms with Gasteiger partial charge in [0.2, 0.25) is 0 Å². The van der Waals surface area contributed by atoms with Crippen LogP contribution in [0.1, 0.15) is 27.2 Å². The van der Waals surface area contributed by atoms with Crippen LogP contribution >= 0.6 is 0 Å². The predicted molar refractivity (Wildman–Crippen MR) is 47.6 cm³/mol. The van der Waals surface area contributed by atoms with Crippen molar-refractivity contribution in [1.82, 2.24) is 5.32 Å². The lowest BCUT2D eigenvalue weighted by molar-refractivity contribution is -0.127. The molecule has 0 amide bonds. The van der Waals surface area contributed by atoms with Gasteiger partial charge in [0.1, 0.15) is 0 Å². The van der Waals surface area contributed by atoms with E-state index in [1.807, 2.05) is 13.0 Å². The zero-order valence-electron chi connectivity index (χ0n) is 8.20. The van der Waals surface area contributed by atoms with Crippen LogP contribution < -0.4 is 5.32 Å². The van der Waals surface area contributed by atoms with Gasteiger partial charge in [-0.15, -0.1) is 0 Å². The summed E-state index contributed by atoms with van der Waals surface area (Å²) < 4.78 is 35.5. The highest BCUT2D eigenvalue weighted by Crippen LogP contribution is 2.15. The molecular weight excluding hydrogens is 179 g/mol. The summed E-state index contributed by atoms with van der Waals surface area (Å²) in [4.78, 5) is 0. The van der Waals surface area contributed by atoms with Crippen molar-refractivity contribution >= 4 is 0 Å². The van der Waals surface area contributed by atoms with Crippen LogP contribution in [0.15, 0.2) is 12.2 Å². The SMILES string of the molecule is CC/C=C\C(C)(C)NCC(F)(F)F. The number of nitrogens with one attached hydrogen (secondary N) is 1. The highest BCUT2D eigenvalue weighted by molar-refractivity contribution is 5.00. The van der Waals surface area contributed by atoms with E-state index in [4.69, 9.17) is 0 Å². The highest BCUT2D eigenvalue weighted by Gasteiger charge is 2.29. The third-order valence-electron chi connectivity index (χ3n) is 1.51. The van der Waals surface area contributed by atoms with Crippen LogP contribution in [0.2, 0.25) is 0 Å². The fraction of sp³-hybridized carbons (Fsp3) is 0.778. The smallest absolute Gasteiger partial charge is 0.300 e. The van der Waals surface area contributed by atoms with Crippen LogP contribution in [0, 0.1) is 0 Å². The Hall–Kier alpha value is -0.510. The summed E-state index contributed by atoms with van der Waals surface area (Å²) in [7, 11) is 0. The van der Waals surface area contributed by atoms with Crippen molar-refractivity contribution < 1.29 is 13.2 Å². The van der Waals surface area contributed by atoms with Gasteiger partial charge >= 0.3 is 6.18 Å². The van der Waals surface area contributed by atoms with Crippen molar-refractivity contribution in [2.75, 3.05) is 6.54 Å². The largest absolute Gasteiger partial charge is 0.401 e. The van der Waals surface area contributed by atoms with Crippen LogP contribution in [0.5, 0.6) is 0 Å². The molecule has 0 saturated heterocycles. The summed E-state index contributed by atoms with van der Waals surface area (Å²) in [6, 6.07) is 0. The first kappa shape index (κ1) is 12.5. The molecule has 0 spiro atoms. The number of allylic oxidation sites excluding steroid dienone is 1. The molecule has 0 aliphatic carbocycles. The molecule has 0 saturated carbocycles. The molecule has 0 aromatic carbocycles. The summed E-state index contributed by atoms with van der Waals surface area (Å²) >= 11 is 0. The van der Waals surface area contributed by atoms with Crippen LogP contribution in [0.3, 0.4) is 0 Å². The third-order valence-corrected chi connectivity index (χ3v) is 1.51. The first-order valence-electron chi connectivity index (χ1n) is 4.26. The van der Waals surface area contributed by atoms with Gasteiger partial charge in [0.05, 0.1) is 6.54 Å². The summed E-state index contributed by atoms with van der Waals surface area (Å²) in [6.45, 7) is 4.42. The normalized spacial score (nSPS) is 14.0. The van der Waals surface area contributed by atoms with Gasteiger partial charge in [-0.1, -0.05) is 19.1 Å². The van der Waals surface area contributed by atoms with E-state index in [1.54, 1.807) is 19.9 Å². The zero-order chi connectivity index (χ0) is 10.5. The second-order valence-corrected chi connectivity index (χ2v) is 3.50. The lowest BCUT2D eigenvalue weighted by atomic mass is 10.0. The van der Waals surface area contributed by atoms with Gasteiger partial charge in [-0.2, -0.15) is 13.2 Å². The van der Waals surface area contributed by atoms with E-state index < -0.39 is 18.3 Å². The average molecular weight is 195 g/mol. The van der Waals surface area contributed by atoms with Gasteiger partial charge in [0.25, 0.3) is 0 Å². The molecule has 1 N–H and O–H groups in total. The quantitative estimate of drug-likeness (QED) is 0.680. The van der Waals surface area contributed by atoms with Gasteiger partial charge in [0.15, 0.2) is 0 Å². The van der Waals surface area contributed by atoms with E-state index >= 15 is 0 Å². The fourth-order valence-corrected chi connectivity index (χ4v) is 0.799. The van der Waals surface area contributed by atoms with Crippen LogP contribution in [0.4, 0.5) is 13.2 Å². The lowest BCUT2D eigenvalue weighted by Crippen LogP contribution is -2.42. The molecule has 1 nitrogen and oxygen atoms in total. The lowest BCUT2D eigenvalue weighted by Gasteiger charge is -2.23. The van der Waals surface area contributed by atoms with Crippen molar-refractivity contribution in [3.8, 4) is 0 Å². The fourth-order valence-electron chi connectivity index (χ4n) is 0.799. The van der Waals surface area contributed by atoms with Crippen molar-refractivity contribution in [3.05, 3.63) is 12.2 Å². The maximum Gasteiger partial charge on any atom is 0.401 e. The zero-order valence-corrected chi connectivity index (χ0v) is 8.20. The highest BCUT2D eigenvalue weighted by atomic mass is 19.4. The van der Waals surface area contributed by atoms with Crippen molar-refractivity contribution in [2.45, 2.75) is 38.9 Å². The van der Waals surface area contributed by atoms with E-state index in [-0.39, 0.29) is 0 Å². The van der Waals surface area contributed by atoms with E-state index in [0.717, 1.165) is 6.42 Å². The molecule has 78 valence electrons. The Morgan fingerprint density at radius 1 is 1.23 bits per heavy atom. The molecule has 0 rings (SSSR count). The Labute approximate surface area is 77.0 Å². The predicted octanol–water partition coefficient (Wildman–Crippen LogP) is 2.88. The number of halogens is 3. The van der Waals surface area contributed by atoms with Gasteiger partial charge < -0.3 is 5.32 Å². The summed E-state index contributed by atoms with van der Waals surface area (Å²) in [5.41, 5.74) is -0.592. The molecular formula is C9H16F3N. The minimum Gasteiger partial charge on any atom is -0.300 e. The van der Waals surface area contributed by atoms with Crippen molar-refractivity contribution in [2.24, 2.45) is 0 Å². The molecule has 0 unspecified atom stereocenters. The van der Waals surface area contributed by atoms with Crippen LogP contribution in [-0.2, 0) is 0 Å². The Kier molecular flexibility index (Phi) is 4.47. The van der Waals surface area contributed by atoms with Crippen molar-refractivity contribution in [3.63, 3.8) is 0 Å². The summed E-state index contributed by atoms with van der Waals surface area (Å²) in [6.07, 6.45) is 0.288. The second-order valence-electron chi connectivity index (χ2n) is 3.50. The maximum absolute atomic E-state index is 11.8. The molecule has 0 bridgehead atoms. The number of hydrogen-bond donors (Lipinski definition) is 1. The van der Waals surface area contributed by atoms with Gasteiger partial charge in [0, 0.05) is 5.54 Å². The Bertz CT molecular complexity index is 170. The Morgan fingerprint density at radius 2 is 1.77 bits per heavy atom. The van der Waals surface area contributed by atoms with E-state index in [0.29, 0.717) is 0 Å². The second kappa shape index (κ2) is 4.65. The molecule has 0 fully saturated rings. The number of rotatable bonds is 4. The first-order valence-corrected chi connectivity index (χ1v) is 4.26. The molecule has 0 aromatic rings. The number of hydrogen-bond acceptors (Lipinski definition) is 1. The van der Waals surface area contributed by atoms with Gasteiger partial charge in [-0.25, -0.2) is 0 Å². The molecule has 0 heterocycles. The maximum atomic E-state index is 11.8. The number of alkyl halides is 3. The van der Waals surface area contributed by atoms with Gasteiger partial charge in [-0.05, 0) is 20.3 Å². The molecule has 13 heavy (non-hydrogen) atoms. The standard InChI is InChI=1S/C9H16F3N/c1-4-5-6-8(2,3)13-7-9(10,11)12/h5-6,13H,4,7H2,1-3H3/b6-5-. The molecule has 0 radical (unpaired) electrons. The third kappa shape index (κ3) is 7.84. The average Bonchev–Trinajstić information content (AvgIpc) is 1.97. The van der Waals surface area contributed by atoms with Gasteiger partial charge in [-0.3, -0.25) is 0 Å². The van der Waals surface area contributed by atoms with Crippen LogP contribution in [-0.4, -0.2) is 18.3 Å².